The number of benzene rings is 2. The molecule has 0 atom stereocenters. The lowest BCUT2D eigenvalue weighted by Crippen LogP contribution is -2.54. The van der Waals surface area contributed by atoms with E-state index >= 15 is 0 Å². The number of rotatable bonds is 3. The zero-order valence-electron chi connectivity index (χ0n) is 13.5. The van der Waals surface area contributed by atoms with Gasteiger partial charge in [0.05, 0.1) is 17.3 Å². The second kappa shape index (κ2) is 7.27. The van der Waals surface area contributed by atoms with Crippen LogP contribution in [-0.2, 0) is 9.59 Å². The van der Waals surface area contributed by atoms with Crippen LogP contribution in [0.4, 0.5) is 5.69 Å². The molecular formula is C18H13BrN2O4S. The average molecular weight is 433 g/mol. The van der Waals surface area contributed by atoms with Crippen molar-refractivity contribution in [3.05, 3.63) is 58.1 Å². The maximum absolute atomic E-state index is 13.0. The molecule has 1 heterocycles. The number of phenolic OH excluding ortho intramolecular Hbond substituents is 1. The van der Waals surface area contributed by atoms with Crippen molar-refractivity contribution in [2.24, 2.45) is 0 Å². The normalized spacial score (nSPS) is 16.0. The zero-order valence-corrected chi connectivity index (χ0v) is 15.9. The standard InChI is InChI=1S/C18H13BrN2O4S/c1-25-15-5-3-2-4-13(15)21-17(24)11(16(23)20-18(21)26)8-10-6-7-14(22)12(19)9-10/h2-9,22H,1H3,(H,20,23,26)/b11-8-. The summed E-state index contributed by atoms with van der Waals surface area (Å²) in [5.41, 5.74) is 0.922. The van der Waals surface area contributed by atoms with Crippen LogP contribution in [0.2, 0.25) is 0 Å². The molecule has 1 aliphatic rings. The summed E-state index contributed by atoms with van der Waals surface area (Å²) in [4.78, 5) is 26.5. The number of halogens is 1. The molecular weight excluding hydrogens is 420 g/mol. The van der Waals surface area contributed by atoms with Gasteiger partial charge in [-0.3, -0.25) is 14.9 Å². The van der Waals surface area contributed by atoms with Crippen molar-refractivity contribution < 1.29 is 19.4 Å². The fourth-order valence-corrected chi connectivity index (χ4v) is 3.14. The molecule has 0 aromatic heterocycles. The molecule has 3 rings (SSSR count). The van der Waals surface area contributed by atoms with Crippen LogP contribution in [0.1, 0.15) is 5.56 Å². The Morgan fingerprint density at radius 2 is 1.96 bits per heavy atom. The quantitative estimate of drug-likeness (QED) is 0.442. The van der Waals surface area contributed by atoms with E-state index in [1.165, 1.54) is 24.2 Å². The van der Waals surface area contributed by atoms with Gasteiger partial charge >= 0.3 is 0 Å². The molecule has 26 heavy (non-hydrogen) atoms. The third-order valence-electron chi connectivity index (χ3n) is 3.71. The Bertz CT molecular complexity index is 958. The lowest BCUT2D eigenvalue weighted by atomic mass is 10.1. The minimum Gasteiger partial charge on any atom is -0.507 e. The van der Waals surface area contributed by atoms with Crippen LogP contribution in [-0.4, -0.2) is 29.1 Å². The van der Waals surface area contributed by atoms with Gasteiger partial charge in [-0.2, -0.15) is 0 Å². The number of aromatic hydroxyl groups is 1. The minimum atomic E-state index is -0.588. The topological polar surface area (TPSA) is 78.9 Å². The fourth-order valence-electron chi connectivity index (χ4n) is 2.47. The molecule has 6 nitrogen and oxygen atoms in total. The molecule has 1 fully saturated rings. The van der Waals surface area contributed by atoms with Crippen molar-refractivity contribution in [2.45, 2.75) is 0 Å². The van der Waals surface area contributed by atoms with E-state index in [2.05, 4.69) is 21.2 Å². The molecule has 132 valence electrons. The number of hydrogen-bond donors (Lipinski definition) is 2. The molecule has 1 saturated heterocycles. The first-order valence-corrected chi connectivity index (χ1v) is 8.65. The van der Waals surface area contributed by atoms with Crippen LogP contribution in [0.5, 0.6) is 11.5 Å². The van der Waals surface area contributed by atoms with E-state index in [1.54, 1.807) is 36.4 Å². The summed E-state index contributed by atoms with van der Waals surface area (Å²) in [6.45, 7) is 0. The molecule has 2 aromatic rings. The number of thiocarbonyl (C=S) groups is 1. The first-order valence-electron chi connectivity index (χ1n) is 7.45. The largest absolute Gasteiger partial charge is 0.507 e. The van der Waals surface area contributed by atoms with Gasteiger partial charge in [-0.05, 0) is 64.1 Å². The SMILES string of the molecule is COc1ccccc1N1C(=O)/C(=C\c2ccc(O)c(Br)c2)C(=O)NC1=S. The van der Waals surface area contributed by atoms with Crippen LogP contribution in [0, 0.1) is 0 Å². The van der Waals surface area contributed by atoms with Crippen LogP contribution in [0.3, 0.4) is 0 Å². The van der Waals surface area contributed by atoms with Gasteiger partial charge in [0.1, 0.15) is 17.1 Å². The second-order valence-corrected chi connectivity index (χ2v) is 6.58. The number of para-hydroxylation sites is 2. The Morgan fingerprint density at radius 1 is 1.23 bits per heavy atom. The number of nitrogens with one attached hydrogen (secondary N) is 1. The van der Waals surface area contributed by atoms with Gasteiger partial charge < -0.3 is 9.84 Å². The number of nitrogens with zero attached hydrogens (tertiary/aromatic N) is 1. The fraction of sp³-hybridized carbons (Fsp3) is 0.0556. The van der Waals surface area contributed by atoms with E-state index in [4.69, 9.17) is 17.0 Å². The molecule has 8 heteroatoms. The van der Waals surface area contributed by atoms with E-state index in [9.17, 15) is 14.7 Å². The van der Waals surface area contributed by atoms with E-state index in [1.807, 2.05) is 0 Å². The summed E-state index contributed by atoms with van der Waals surface area (Å²) in [5.74, 6) is -0.641. The van der Waals surface area contributed by atoms with Crippen molar-refractivity contribution in [1.29, 1.82) is 0 Å². The molecule has 0 bridgehead atoms. The number of carbonyl (C=O) groups excluding carboxylic acids is 2. The van der Waals surface area contributed by atoms with Crippen molar-refractivity contribution >= 4 is 56.8 Å². The van der Waals surface area contributed by atoms with E-state index in [0.29, 0.717) is 21.5 Å². The zero-order chi connectivity index (χ0) is 18.8. The Labute approximate surface area is 163 Å². The van der Waals surface area contributed by atoms with Crippen LogP contribution in [0.25, 0.3) is 6.08 Å². The molecule has 0 radical (unpaired) electrons. The average Bonchev–Trinajstić information content (AvgIpc) is 2.62. The van der Waals surface area contributed by atoms with Crippen LogP contribution in [0.15, 0.2) is 52.5 Å². The minimum absolute atomic E-state index is 0.0199. The van der Waals surface area contributed by atoms with Crippen molar-refractivity contribution in [1.82, 2.24) is 5.32 Å². The highest BCUT2D eigenvalue weighted by Gasteiger charge is 2.35. The molecule has 0 unspecified atom stereocenters. The molecule has 0 aliphatic carbocycles. The van der Waals surface area contributed by atoms with Crippen molar-refractivity contribution in [2.75, 3.05) is 12.0 Å². The maximum atomic E-state index is 13.0. The summed E-state index contributed by atoms with van der Waals surface area (Å²) in [5, 5.41) is 12.1. The Hall–Kier alpha value is -2.71. The monoisotopic (exact) mass is 432 g/mol. The van der Waals surface area contributed by atoms with E-state index in [0.717, 1.165) is 0 Å². The number of carbonyl (C=O) groups is 2. The van der Waals surface area contributed by atoms with E-state index < -0.39 is 11.8 Å². The lowest BCUT2D eigenvalue weighted by Gasteiger charge is -2.29. The summed E-state index contributed by atoms with van der Waals surface area (Å²) in [7, 11) is 1.49. The highest BCUT2D eigenvalue weighted by molar-refractivity contribution is 9.10. The van der Waals surface area contributed by atoms with Crippen LogP contribution < -0.4 is 15.0 Å². The molecule has 2 N–H and O–H groups in total. The summed E-state index contributed by atoms with van der Waals surface area (Å²) >= 11 is 8.38. The highest BCUT2D eigenvalue weighted by Crippen LogP contribution is 2.31. The summed E-state index contributed by atoms with van der Waals surface area (Å²) in [6.07, 6.45) is 1.44. The molecule has 1 aliphatic heterocycles. The van der Waals surface area contributed by atoms with Gasteiger partial charge in [0.15, 0.2) is 5.11 Å². The third kappa shape index (κ3) is 3.33. The number of amides is 2. The van der Waals surface area contributed by atoms with Crippen molar-refractivity contribution in [3.63, 3.8) is 0 Å². The molecule has 0 saturated carbocycles. The first-order chi connectivity index (χ1) is 12.4. The van der Waals surface area contributed by atoms with Gasteiger partial charge in [-0.25, -0.2) is 4.90 Å². The van der Waals surface area contributed by atoms with E-state index in [-0.39, 0.29) is 16.4 Å². The Balaban J connectivity index is 2.05. The number of ether oxygens (including phenoxy) is 1. The number of hydrogen-bond acceptors (Lipinski definition) is 5. The third-order valence-corrected chi connectivity index (χ3v) is 4.63. The van der Waals surface area contributed by atoms with Gasteiger partial charge in [-0.1, -0.05) is 18.2 Å². The van der Waals surface area contributed by atoms with Gasteiger partial charge in [0.25, 0.3) is 11.8 Å². The smallest absolute Gasteiger partial charge is 0.270 e. The maximum Gasteiger partial charge on any atom is 0.270 e. The second-order valence-electron chi connectivity index (χ2n) is 5.34. The highest BCUT2D eigenvalue weighted by atomic mass is 79.9. The Morgan fingerprint density at radius 3 is 2.65 bits per heavy atom. The van der Waals surface area contributed by atoms with Gasteiger partial charge in [0.2, 0.25) is 0 Å². The molecule has 2 aromatic carbocycles. The summed E-state index contributed by atoms with van der Waals surface area (Å²) in [6, 6.07) is 11.5. The molecule has 2 amide bonds. The number of methoxy groups -OCH3 is 1. The van der Waals surface area contributed by atoms with Gasteiger partial charge in [0, 0.05) is 0 Å². The Kier molecular flexibility index (Phi) is 5.06. The molecule has 0 spiro atoms. The van der Waals surface area contributed by atoms with Crippen molar-refractivity contribution in [3.8, 4) is 11.5 Å². The predicted molar refractivity (Wildman–Crippen MR) is 105 cm³/mol. The van der Waals surface area contributed by atoms with Gasteiger partial charge in [-0.15, -0.1) is 0 Å². The lowest BCUT2D eigenvalue weighted by molar-refractivity contribution is -0.122. The van der Waals surface area contributed by atoms with Crippen LogP contribution >= 0.6 is 28.1 Å². The number of anilines is 1. The predicted octanol–water partition coefficient (Wildman–Crippen LogP) is 2.99. The number of phenols is 1. The first kappa shape index (κ1) is 18.1. The summed E-state index contributed by atoms with van der Waals surface area (Å²) < 4.78 is 5.74.